The summed E-state index contributed by atoms with van der Waals surface area (Å²) in [6.07, 6.45) is 1.14. The van der Waals surface area contributed by atoms with Gasteiger partial charge in [-0.1, -0.05) is 33.6 Å². The molecule has 17 heavy (non-hydrogen) atoms. The van der Waals surface area contributed by atoms with Crippen molar-refractivity contribution in [1.29, 1.82) is 0 Å². The minimum absolute atomic E-state index is 0.290. The number of rotatable bonds is 6. The van der Waals surface area contributed by atoms with Crippen molar-refractivity contribution in [2.75, 3.05) is 27.2 Å². The van der Waals surface area contributed by atoms with E-state index in [1.165, 1.54) is 0 Å². The standard InChI is InChI=1S/C13H20BrClN2/c1-10(16-7-4-8-17(2)3)12-6-5-11(14)9-13(12)15/h5-6,9-10,16H,4,7-8H2,1-3H3. The Balaban J connectivity index is 2.44. The molecule has 1 atom stereocenters. The summed E-state index contributed by atoms with van der Waals surface area (Å²) in [7, 11) is 4.18. The van der Waals surface area contributed by atoms with Crippen LogP contribution in [0.15, 0.2) is 22.7 Å². The van der Waals surface area contributed by atoms with E-state index in [9.17, 15) is 0 Å². The van der Waals surface area contributed by atoms with Crippen LogP contribution in [-0.2, 0) is 0 Å². The highest BCUT2D eigenvalue weighted by atomic mass is 79.9. The van der Waals surface area contributed by atoms with Gasteiger partial charge in [-0.05, 0) is 58.2 Å². The third-order valence-corrected chi connectivity index (χ3v) is 3.48. The second kappa shape index (κ2) is 7.37. The summed E-state index contributed by atoms with van der Waals surface area (Å²) in [6.45, 7) is 4.25. The minimum Gasteiger partial charge on any atom is -0.310 e. The van der Waals surface area contributed by atoms with Crippen LogP contribution in [0.5, 0.6) is 0 Å². The van der Waals surface area contributed by atoms with Gasteiger partial charge in [-0.3, -0.25) is 0 Å². The average molecular weight is 320 g/mol. The Morgan fingerprint density at radius 1 is 1.41 bits per heavy atom. The molecular weight excluding hydrogens is 300 g/mol. The van der Waals surface area contributed by atoms with Crippen molar-refractivity contribution in [2.45, 2.75) is 19.4 Å². The van der Waals surface area contributed by atoms with Gasteiger partial charge in [-0.2, -0.15) is 0 Å². The zero-order chi connectivity index (χ0) is 12.8. The highest BCUT2D eigenvalue weighted by Crippen LogP contribution is 2.26. The monoisotopic (exact) mass is 318 g/mol. The van der Waals surface area contributed by atoms with Crippen molar-refractivity contribution in [3.05, 3.63) is 33.3 Å². The van der Waals surface area contributed by atoms with Gasteiger partial charge in [-0.15, -0.1) is 0 Å². The Hall–Kier alpha value is -0.0900. The van der Waals surface area contributed by atoms with Gasteiger partial charge in [0.05, 0.1) is 0 Å². The zero-order valence-electron chi connectivity index (χ0n) is 10.6. The van der Waals surface area contributed by atoms with Crippen LogP contribution >= 0.6 is 27.5 Å². The molecule has 0 spiro atoms. The predicted molar refractivity (Wildman–Crippen MR) is 78.7 cm³/mol. The van der Waals surface area contributed by atoms with Crippen LogP contribution in [0.1, 0.15) is 24.9 Å². The first kappa shape index (κ1) is 15.0. The summed E-state index contributed by atoms with van der Waals surface area (Å²) < 4.78 is 1.02. The van der Waals surface area contributed by atoms with Crippen molar-refractivity contribution < 1.29 is 0 Å². The van der Waals surface area contributed by atoms with E-state index >= 15 is 0 Å². The molecular formula is C13H20BrClN2. The highest BCUT2D eigenvalue weighted by Gasteiger charge is 2.08. The number of benzene rings is 1. The molecule has 1 rings (SSSR count). The summed E-state index contributed by atoms with van der Waals surface area (Å²) in [4.78, 5) is 2.19. The van der Waals surface area contributed by atoms with Crippen LogP contribution in [0, 0.1) is 0 Å². The van der Waals surface area contributed by atoms with Crippen molar-refractivity contribution in [3.63, 3.8) is 0 Å². The van der Waals surface area contributed by atoms with E-state index in [1.807, 2.05) is 12.1 Å². The lowest BCUT2D eigenvalue weighted by molar-refractivity contribution is 0.389. The van der Waals surface area contributed by atoms with Crippen LogP contribution in [-0.4, -0.2) is 32.1 Å². The molecule has 0 fully saturated rings. The highest BCUT2D eigenvalue weighted by molar-refractivity contribution is 9.10. The Morgan fingerprint density at radius 2 is 2.12 bits per heavy atom. The van der Waals surface area contributed by atoms with Crippen molar-refractivity contribution >= 4 is 27.5 Å². The minimum atomic E-state index is 0.290. The molecule has 0 saturated carbocycles. The maximum absolute atomic E-state index is 6.21. The maximum Gasteiger partial charge on any atom is 0.0464 e. The largest absolute Gasteiger partial charge is 0.310 e. The second-order valence-electron chi connectivity index (χ2n) is 4.50. The van der Waals surface area contributed by atoms with Gasteiger partial charge in [0.2, 0.25) is 0 Å². The fourth-order valence-electron chi connectivity index (χ4n) is 1.68. The van der Waals surface area contributed by atoms with Gasteiger partial charge in [0, 0.05) is 15.5 Å². The molecule has 0 aliphatic carbocycles. The molecule has 1 unspecified atom stereocenters. The number of hydrogen-bond acceptors (Lipinski definition) is 2. The fourth-order valence-corrected chi connectivity index (χ4v) is 2.51. The Morgan fingerprint density at radius 3 is 2.71 bits per heavy atom. The average Bonchev–Trinajstić information content (AvgIpc) is 2.23. The van der Waals surface area contributed by atoms with Crippen LogP contribution in [0.3, 0.4) is 0 Å². The lowest BCUT2D eigenvalue weighted by Crippen LogP contribution is -2.24. The van der Waals surface area contributed by atoms with Gasteiger partial charge in [0.25, 0.3) is 0 Å². The third-order valence-electron chi connectivity index (χ3n) is 2.66. The van der Waals surface area contributed by atoms with E-state index in [2.05, 4.69) is 53.2 Å². The van der Waals surface area contributed by atoms with Crippen LogP contribution in [0.4, 0.5) is 0 Å². The van der Waals surface area contributed by atoms with Crippen molar-refractivity contribution in [3.8, 4) is 0 Å². The van der Waals surface area contributed by atoms with Gasteiger partial charge in [-0.25, -0.2) is 0 Å². The van der Waals surface area contributed by atoms with Gasteiger partial charge < -0.3 is 10.2 Å². The summed E-state index contributed by atoms with van der Waals surface area (Å²) in [5, 5.41) is 4.30. The van der Waals surface area contributed by atoms with E-state index in [0.29, 0.717) is 0 Å². The smallest absolute Gasteiger partial charge is 0.0464 e. The van der Waals surface area contributed by atoms with Gasteiger partial charge in [0.1, 0.15) is 0 Å². The normalized spacial score (nSPS) is 13.1. The molecule has 4 heteroatoms. The van der Waals surface area contributed by atoms with E-state index in [1.54, 1.807) is 0 Å². The Bertz CT molecular complexity index is 355. The fraction of sp³-hybridized carbons (Fsp3) is 0.538. The summed E-state index contributed by atoms with van der Waals surface area (Å²) in [5.74, 6) is 0. The molecule has 1 aromatic carbocycles. The number of nitrogens with zero attached hydrogens (tertiary/aromatic N) is 1. The Kier molecular flexibility index (Phi) is 6.49. The molecule has 0 amide bonds. The van der Waals surface area contributed by atoms with E-state index in [4.69, 9.17) is 11.6 Å². The lowest BCUT2D eigenvalue weighted by atomic mass is 10.1. The number of halogens is 2. The summed E-state index contributed by atoms with van der Waals surface area (Å²) in [5.41, 5.74) is 1.15. The molecule has 0 bridgehead atoms. The zero-order valence-corrected chi connectivity index (χ0v) is 13.0. The molecule has 0 aromatic heterocycles. The number of hydrogen-bond donors (Lipinski definition) is 1. The molecule has 96 valence electrons. The lowest BCUT2D eigenvalue weighted by Gasteiger charge is -2.17. The van der Waals surface area contributed by atoms with Crippen LogP contribution in [0.25, 0.3) is 0 Å². The summed E-state index contributed by atoms with van der Waals surface area (Å²) in [6, 6.07) is 6.32. The van der Waals surface area contributed by atoms with Crippen LogP contribution < -0.4 is 5.32 Å². The predicted octanol–water partition coefficient (Wildman–Crippen LogP) is 3.70. The SMILES string of the molecule is CC(NCCCN(C)C)c1ccc(Br)cc1Cl. The third kappa shape index (κ3) is 5.38. The van der Waals surface area contributed by atoms with Crippen molar-refractivity contribution in [1.82, 2.24) is 10.2 Å². The quantitative estimate of drug-likeness (QED) is 0.804. The van der Waals surface area contributed by atoms with E-state index in [-0.39, 0.29) is 6.04 Å². The number of nitrogens with one attached hydrogen (secondary N) is 1. The van der Waals surface area contributed by atoms with E-state index in [0.717, 1.165) is 34.6 Å². The van der Waals surface area contributed by atoms with Gasteiger partial charge >= 0.3 is 0 Å². The van der Waals surface area contributed by atoms with Crippen molar-refractivity contribution in [2.24, 2.45) is 0 Å². The topological polar surface area (TPSA) is 15.3 Å². The molecule has 0 aliphatic rings. The maximum atomic E-state index is 6.21. The first-order valence-electron chi connectivity index (χ1n) is 5.83. The van der Waals surface area contributed by atoms with Gasteiger partial charge in [0.15, 0.2) is 0 Å². The first-order chi connectivity index (χ1) is 8.00. The molecule has 1 aromatic rings. The molecule has 0 saturated heterocycles. The van der Waals surface area contributed by atoms with E-state index < -0.39 is 0 Å². The molecule has 0 aliphatic heterocycles. The molecule has 1 N–H and O–H groups in total. The summed E-state index contributed by atoms with van der Waals surface area (Å²) >= 11 is 9.62. The molecule has 0 radical (unpaired) electrons. The molecule has 2 nitrogen and oxygen atoms in total. The first-order valence-corrected chi connectivity index (χ1v) is 7.01. The van der Waals surface area contributed by atoms with Crippen LogP contribution in [0.2, 0.25) is 5.02 Å². The Labute approximate surface area is 117 Å². The second-order valence-corrected chi connectivity index (χ2v) is 5.82. The molecule has 0 heterocycles.